The SMILES string of the molecule is O=C(CN1CCC(C(=O)NCc2ccc(F)cc2)CC1)Nc1ccc(Cl)cn1. The minimum atomic E-state index is -0.293. The third-order valence-electron chi connectivity index (χ3n) is 4.70. The van der Waals surface area contributed by atoms with Crippen molar-refractivity contribution in [1.82, 2.24) is 15.2 Å². The Kier molecular flexibility index (Phi) is 6.95. The van der Waals surface area contributed by atoms with Gasteiger partial charge in [-0.1, -0.05) is 23.7 Å². The lowest BCUT2D eigenvalue weighted by molar-refractivity contribution is -0.126. The number of piperidine rings is 1. The van der Waals surface area contributed by atoms with Crippen molar-refractivity contribution in [3.05, 3.63) is 59.0 Å². The minimum absolute atomic E-state index is 0.00112. The molecule has 1 aliphatic rings. The monoisotopic (exact) mass is 404 g/mol. The van der Waals surface area contributed by atoms with E-state index in [2.05, 4.69) is 15.6 Å². The molecule has 1 fully saturated rings. The first kappa shape index (κ1) is 20.2. The lowest BCUT2D eigenvalue weighted by atomic mass is 9.96. The van der Waals surface area contributed by atoms with Crippen LogP contribution in [0.25, 0.3) is 0 Å². The van der Waals surface area contributed by atoms with E-state index < -0.39 is 0 Å². The van der Waals surface area contributed by atoms with Gasteiger partial charge in [0, 0.05) is 18.7 Å². The fraction of sp³-hybridized carbons (Fsp3) is 0.350. The summed E-state index contributed by atoms with van der Waals surface area (Å²) in [4.78, 5) is 30.5. The molecule has 0 unspecified atom stereocenters. The number of benzene rings is 1. The van der Waals surface area contributed by atoms with E-state index >= 15 is 0 Å². The van der Waals surface area contributed by atoms with E-state index in [1.165, 1.54) is 18.3 Å². The van der Waals surface area contributed by atoms with Crippen molar-refractivity contribution >= 4 is 29.2 Å². The zero-order valence-electron chi connectivity index (χ0n) is 15.3. The van der Waals surface area contributed by atoms with Crippen LogP contribution in [0.3, 0.4) is 0 Å². The number of likely N-dealkylation sites (tertiary alicyclic amines) is 1. The molecule has 2 aromatic rings. The van der Waals surface area contributed by atoms with Crippen LogP contribution in [0.5, 0.6) is 0 Å². The number of hydrogen-bond acceptors (Lipinski definition) is 4. The van der Waals surface area contributed by atoms with Gasteiger partial charge in [0.15, 0.2) is 0 Å². The van der Waals surface area contributed by atoms with Crippen molar-refractivity contribution in [2.75, 3.05) is 25.0 Å². The molecule has 148 valence electrons. The predicted octanol–water partition coefficient (Wildman–Crippen LogP) is 2.84. The zero-order chi connectivity index (χ0) is 19.9. The molecule has 0 aliphatic carbocycles. The van der Waals surface area contributed by atoms with Gasteiger partial charge >= 0.3 is 0 Å². The molecule has 0 bridgehead atoms. The van der Waals surface area contributed by atoms with Gasteiger partial charge < -0.3 is 10.6 Å². The Bertz CT molecular complexity index is 806. The van der Waals surface area contributed by atoms with Crippen molar-refractivity contribution in [3.8, 4) is 0 Å². The van der Waals surface area contributed by atoms with Crippen LogP contribution in [0, 0.1) is 11.7 Å². The van der Waals surface area contributed by atoms with Gasteiger partial charge in [0.1, 0.15) is 11.6 Å². The first-order chi connectivity index (χ1) is 13.5. The van der Waals surface area contributed by atoms with Crippen LogP contribution in [0.15, 0.2) is 42.6 Å². The largest absolute Gasteiger partial charge is 0.352 e. The topological polar surface area (TPSA) is 74.3 Å². The Hall–Kier alpha value is -2.51. The van der Waals surface area contributed by atoms with Crippen molar-refractivity contribution in [2.24, 2.45) is 5.92 Å². The molecule has 0 radical (unpaired) electrons. The molecule has 2 amide bonds. The summed E-state index contributed by atoms with van der Waals surface area (Å²) in [6.45, 7) is 2.00. The van der Waals surface area contributed by atoms with Crippen LogP contribution in [0.4, 0.5) is 10.2 Å². The van der Waals surface area contributed by atoms with E-state index in [0.717, 1.165) is 5.56 Å². The molecule has 1 aliphatic heterocycles. The van der Waals surface area contributed by atoms with Crippen molar-refractivity contribution in [1.29, 1.82) is 0 Å². The van der Waals surface area contributed by atoms with E-state index in [4.69, 9.17) is 11.6 Å². The zero-order valence-corrected chi connectivity index (χ0v) is 16.1. The van der Waals surface area contributed by atoms with Gasteiger partial charge in [-0.25, -0.2) is 9.37 Å². The molecule has 2 heterocycles. The van der Waals surface area contributed by atoms with Crippen LogP contribution >= 0.6 is 11.6 Å². The molecular weight excluding hydrogens is 383 g/mol. The van der Waals surface area contributed by atoms with Gasteiger partial charge in [-0.2, -0.15) is 0 Å². The lowest BCUT2D eigenvalue weighted by Gasteiger charge is -2.30. The maximum atomic E-state index is 12.9. The number of halogens is 2. The molecular formula is C20H22ClFN4O2. The Morgan fingerprint density at radius 3 is 2.50 bits per heavy atom. The highest BCUT2D eigenvalue weighted by molar-refractivity contribution is 6.30. The van der Waals surface area contributed by atoms with E-state index in [-0.39, 0.29) is 30.1 Å². The summed E-state index contributed by atoms with van der Waals surface area (Å²) >= 11 is 5.78. The minimum Gasteiger partial charge on any atom is -0.352 e. The van der Waals surface area contributed by atoms with E-state index in [0.29, 0.717) is 43.3 Å². The average Bonchev–Trinajstić information content (AvgIpc) is 2.69. The highest BCUT2D eigenvalue weighted by atomic mass is 35.5. The number of amides is 2. The van der Waals surface area contributed by atoms with E-state index in [1.807, 2.05) is 4.90 Å². The fourth-order valence-electron chi connectivity index (χ4n) is 3.12. The molecule has 6 nitrogen and oxygen atoms in total. The third kappa shape index (κ3) is 6.00. The molecule has 0 atom stereocenters. The number of carbonyl (C=O) groups is 2. The molecule has 1 aromatic carbocycles. The Balaban J connectivity index is 1.38. The van der Waals surface area contributed by atoms with Gasteiger partial charge in [0.05, 0.1) is 11.6 Å². The molecule has 1 saturated heterocycles. The number of aromatic nitrogens is 1. The fourth-order valence-corrected chi connectivity index (χ4v) is 3.24. The standard InChI is InChI=1S/C20H22ClFN4O2/c21-16-3-6-18(23-12-16)25-19(27)13-26-9-7-15(8-10-26)20(28)24-11-14-1-4-17(22)5-2-14/h1-6,12,15H,7-11,13H2,(H,24,28)(H,23,25,27). The van der Waals surface area contributed by atoms with Gasteiger partial charge in [0.25, 0.3) is 0 Å². The maximum absolute atomic E-state index is 12.9. The first-order valence-electron chi connectivity index (χ1n) is 9.15. The van der Waals surface area contributed by atoms with Gasteiger partial charge in [-0.3, -0.25) is 14.5 Å². The molecule has 3 rings (SSSR count). The number of anilines is 1. The second-order valence-electron chi connectivity index (χ2n) is 6.80. The van der Waals surface area contributed by atoms with Crippen LogP contribution < -0.4 is 10.6 Å². The number of hydrogen-bond donors (Lipinski definition) is 2. The maximum Gasteiger partial charge on any atom is 0.239 e. The van der Waals surface area contributed by atoms with Gasteiger partial charge in [0.2, 0.25) is 11.8 Å². The van der Waals surface area contributed by atoms with Crippen molar-refractivity contribution in [2.45, 2.75) is 19.4 Å². The number of rotatable bonds is 6. The van der Waals surface area contributed by atoms with Crippen LogP contribution in [0.2, 0.25) is 5.02 Å². The molecule has 2 N–H and O–H groups in total. The molecule has 8 heteroatoms. The summed E-state index contributed by atoms with van der Waals surface area (Å²) in [6.07, 6.45) is 2.87. The Morgan fingerprint density at radius 2 is 1.86 bits per heavy atom. The van der Waals surface area contributed by atoms with Crippen LogP contribution in [-0.2, 0) is 16.1 Å². The lowest BCUT2D eigenvalue weighted by Crippen LogP contribution is -2.43. The third-order valence-corrected chi connectivity index (χ3v) is 4.92. The number of pyridine rings is 1. The Labute approximate surface area is 168 Å². The second kappa shape index (κ2) is 9.61. The average molecular weight is 405 g/mol. The molecule has 28 heavy (non-hydrogen) atoms. The summed E-state index contributed by atoms with van der Waals surface area (Å²) in [5.74, 6) is -0.0479. The van der Waals surface area contributed by atoms with E-state index in [1.54, 1.807) is 24.3 Å². The van der Waals surface area contributed by atoms with Gasteiger partial charge in [-0.05, 0) is 55.8 Å². The number of nitrogens with zero attached hydrogens (tertiary/aromatic N) is 2. The molecule has 0 spiro atoms. The highest BCUT2D eigenvalue weighted by Gasteiger charge is 2.25. The van der Waals surface area contributed by atoms with E-state index in [9.17, 15) is 14.0 Å². The van der Waals surface area contributed by atoms with Gasteiger partial charge in [-0.15, -0.1) is 0 Å². The molecule has 0 saturated carbocycles. The summed E-state index contributed by atoms with van der Waals surface area (Å²) in [5.41, 5.74) is 0.861. The predicted molar refractivity (Wildman–Crippen MR) is 105 cm³/mol. The number of nitrogens with one attached hydrogen (secondary N) is 2. The summed E-state index contributed by atoms with van der Waals surface area (Å²) in [7, 11) is 0. The van der Waals surface area contributed by atoms with Crippen LogP contribution in [0.1, 0.15) is 18.4 Å². The second-order valence-corrected chi connectivity index (χ2v) is 7.24. The molecule has 1 aromatic heterocycles. The summed E-state index contributed by atoms with van der Waals surface area (Å²) in [6, 6.07) is 9.39. The highest BCUT2D eigenvalue weighted by Crippen LogP contribution is 2.18. The van der Waals surface area contributed by atoms with Crippen molar-refractivity contribution in [3.63, 3.8) is 0 Å². The van der Waals surface area contributed by atoms with Crippen molar-refractivity contribution < 1.29 is 14.0 Å². The summed E-state index contributed by atoms with van der Waals surface area (Å²) < 4.78 is 12.9. The van der Waals surface area contributed by atoms with Crippen LogP contribution in [-0.4, -0.2) is 41.3 Å². The number of carbonyl (C=O) groups excluding carboxylic acids is 2. The normalized spacial score (nSPS) is 15.2. The smallest absolute Gasteiger partial charge is 0.239 e. The Morgan fingerprint density at radius 1 is 1.14 bits per heavy atom. The first-order valence-corrected chi connectivity index (χ1v) is 9.53. The quantitative estimate of drug-likeness (QED) is 0.776. The summed E-state index contributed by atoms with van der Waals surface area (Å²) in [5, 5.41) is 6.15.